The van der Waals surface area contributed by atoms with E-state index in [0.29, 0.717) is 18.5 Å². The summed E-state index contributed by atoms with van der Waals surface area (Å²) in [5.74, 6) is 0.0827. The molecule has 0 aromatic heterocycles. The van der Waals surface area contributed by atoms with Crippen molar-refractivity contribution in [3.8, 4) is 0 Å². The van der Waals surface area contributed by atoms with Gasteiger partial charge in [0.1, 0.15) is 0 Å². The number of likely N-dealkylation sites (tertiary alicyclic amines) is 1. The summed E-state index contributed by atoms with van der Waals surface area (Å²) in [7, 11) is 4.21. The summed E-state index contributed by atoms with van der Waals surface area (Å²) in [5.41, 5.74) is 3.03. The predicted molar refractivity (Wildman–Crippen MR) is 159 cm³/mol. The van der Waals surface area contributed by atoms with Crippen LogP contribution < -0.4 is 16.0 Å². The average Bonchev–Trinajstić information content (AvgIpc) is 2.96. The maximum Gasteiger partial charge on any atom is 0.316 e. The molecule has 3 amide bonds. The van der Waals surface area contributed by atoms with E-state index in [0.717, 1.165) is 25.8 Å². The zero-order valence-electron chi connectivity index (χ0n) is 23.5. The van der Waals surface area contributed by atoms with Gasteiger partial charge >= 0.3 is 6.03 Å². The van der Waals surface area contributed by atoms with Crippen LogP contribution in [0.25, 0.3) is 0 Å². The van der Waals surface area contributed by atoms with Gasteiger partial charge in [-0.15, -0.1) is 0 Å². The molecule has 3 aromatic carbocycles. The lowest BCUT2D eigenvalue weighted by Gasteiger charge is -2.49. The number of hydrogen-bond donors (Lipinski definition) is 3. The minimum atomic E-state index is -0.208. The highest BCUT2D eigenvalue weighted by atomic mass is 16.2. The molecule has 7 heteroatoms. The Morgan fingerprint density at radius 3 is 1.95 bits per heavy atom. The van der Waals surface area contributed by atoms with Crippen molar-refractivity contribution in [2.75, 3.05) is 27.2 Å². The van der Waals surface area contributed by atoms with Crippen molar-refractivity contribution in [3.05, 3.63) is 108 Å². The van der Waals surface area contributed by atoms with E-state index < -0.39 is 0 Å². The van der Waals surface area contributed by atoms with E-state index in [9.17, 15) is 9.59 Å². The van der Waals surface area contributed by atoms with Crippen LogP contribution in [0.15, 0.2) is 91.0 Å². The Morgan fingerprint density at radius 1 is 0.850 bits per heavy atom. The first-order chi connectivity index (χ1) is 19.5. The third-order valence-electron chi connectivity index (χ3n) is 8.39. The van der Waals surface area contributed by atoms with Crippen molar-refractivity contribution < 1.29 is 9.59 Å². The molecule has 0 bridgehead atoms. The molecule has 1 aliphatic carbocycles. The number of piperidine rings is 1. The first-order valence-corrected chi connectivity index (χ1v) is 14.4. The number of nitrogens with zero attached hydrogens (tertiary/aromatic N) is 2. The lowest BCUT2D eigenvalue weighted by Crippen LogP contribution is -2.63. The van der Waals surface area contributed by atoms with Crippen LogP contribution in [0.3, 0.4) is 0 Å². The maximum atomic E-state index is 13.2. The van der Waals surface area contributed by atoms with Gasteiger partial charge in [-0.1, -0.05) is 78.9 Å². The van der Waals surface area contributed by atoms with Gasteiger partial charge in [-0.05, 0) is 69.0 Å². The third kappa shape index (κ3) is 6.72. The van der Waals surface area contributed by atoms with Crippen molar-refractivity contribution in [1.82, 2.24) is 25.8 Å². The van der Waals surface area contributed by atoms with Gasteiger partial charge in [0.15, 0.2) is 0 Å². The summed E-state index contributed by atoms with van der Waals surface area (Å²) in [6.07, 6.45) is 3.75. The number of rotatable bonds is 9. The number of amides is 3. The largest absolute Gasteiger partial charge is 0.352 e. The molecule has 0 spiro atoms. The predicted octanol–water partition coefficient (Wildman–Crippen LogP) is 4.64. The van der Waals surface area contributed by atoms with E-state index >= 15 is 0 Å². The fourth-order valence-electron chi connectivity index (χ4n) is 6.00. The first kappa shape index (κ1) is 27.9. The Kier molecular flexibility index (Phi) is 9.14. The Labute approximate surface area is 238 Å². The molecule has 3 atom stereocenters. The van der Waals surface area contributed by atoms with E-state index in [2.05, 4.69) is 88.4 Å². The lowest BCUT2D eigenvalue weighted by atomic mass is 9.85. The van der Waals surface area contributed by atoms with Crippen LogP contribution in [0.5, 0.6) is 0 Å². The van der Waals surface area contributed by atoms with Crippen molar-refractivity contribution in [3.63, 3.8) is 0 Å². The highest BCUT2D eigenvalue weighted by Gasteiger charge is 2.41. The molecule has 5 rings (SSSR count). The molecule has 1 saturated heterocycles. The van der Waals surface area contributed by atoms with E-state index in [1.165, 1.54) is 11.1 Å². The average molecular weight is 540 g/mol. The molecule has 40 heavy (non-hydrogen) atoms. The summed E-state index contributed by atoms with van der Waals surface area (Å²) < 4.78 is 0. The molecule has 2 fully saturated rings. The summed E-state index contributed by atoms with van der Waals surface area (Å²) in [5, 5.41) is 9.68. The summed E-state index contributed by atoms with van der Waals surface area (Å²) >= 11 is 0. The number of nitrogens with one attached hydrogen (secondary N) is 3. The Bertz CT molecular complexity index is 1190. The monoisotopic (exact) mass is 539 g/mol. The number of urea groups is 1. The minimum Gasteiger partial charge on any atom is -0.352 e. The van der Waals surface area contributed by atoms with Gasteiger partial charge in [-0.25, -0.2) is 4.79 Å². The van der Waals surface area contributed by atoms with Crippen LogP contribution in [0.4, 0.5) is 4.79 Å². The SMILES string of the molecule is CN(C)C1CN(C(c2ccccc2)c2ccccc2)C(NC(=O)NC2CCC2)CC1CNC(=O)c1ccccc1. The van der Waals surface area contributed by atoms with E-state index in [1.54, 1.807) is 0 Å². The van der Waals surface area contributed by atoms with E-state index in [4.69, 9.17) is 0 Å². The minimum absolute atomic E-state index is 0.0290. The van der Waals surface area contributed by atoms with Gasteiger partial charge in [0.2, 0.25) is 0 Å². The molecule has 2 aliphatic rings. The standard InChI is InChI=1S/C33H41N5O2/c1-37(2)29-23-38(31(24-13-6-3-7-14-24)25-15-8-4-9-16-25)30(36-33(40)35-28-19-12-20-28)21-27(29)22-34-32(39)26-17-10-5-11-18-26/h3-11,13-18,27-31H,12,19-23H2,1-2H3,(H,34,39)(H2,35,36,40). The number of likely N-dealkylation sites (N-methyl/N-ethyl adjacent to an activating group) is 1. The van der Waals surface area contributed by atoms with Gasteiger partial charge in [0, 0.05) is 30.7 Å². The second-order valence-electron chi connectivity index (χ2n) is 11.3. The Morgan fingerprint density at radius 2 is 1.43 bits per heavy atom. The quantitative estimate of drug-likeness (QED) is 0.371. The number of hydrogen-bond acceptors (Lipinski definition) is 4. The van der Waals surface area contributed by atoms with Gasteiger partial charge < -0.3 is 20.9 Å². The summed E-state index contributed by atoms with van der Waals surface area (Å²) in [6.45, 7) is 1.27. The van der Waals surface area contributed by atoms with Crippen molar-refractivity contribution >= 4 is 11.9 Å². The van der Waals surface area contributed by atoms with Crippen LogP contribution >= 0.6 is 0 Å². The zero-order chi connectivity index (χ0) is 27.9. The van der Waals surface area contributed by atoms with Crippen molar-refractivity contribution in [1.29, 1.82) is 0 Å². The molecule has 1 saturated carbocycles. The topological polar surface area (TPSA) is 76.7 Å². The van der Waals surface area contributed by atoms with Crippen LogP contribution in [0, 0.1) is 5.92 Å². The second-order valence-corrected chi connectivity index (χ2v) is 11.3. The molecular weight excluding hydrogens is 498 g/mol. The zero-order valence-corrected chi connectivity index (χ0v) is 23.5. The molecule has 1 heterocycles. The van der Waals surface area contributed by atoms with Crippen LogP contribution in [-0.2, 0) is 0 Å². The van der Waals surface area contributed by atoms with E-state index in [1.807, 2.05) is 42.5 Å². The molecule has 0 radical (unpaired) electrons. The van der Waals surface area contributed by atoms with Gasteiger partial charge in [-0.2, -0.15) is 0 Å². The van der Waals surface area contributed by atoms with Crippen molar-refractivity contribution in [2.45, 2.75) is 50.0 Å². The molecule has 3 aromatic rings. The third-order valence-corrected chi connectivity index (χ3v) is 8.39. The molecule has 3 N–H and O–H groups in total. The molecule has 3 unspecified atom stereocenters. The smallest absolute Gasteiger partial charge is 0.316 e. The molecular formula is C33H41N5O2. The maximum absolute atomic E-state index is 13.2. The normalized spacial score (nSPS) is 21.6. The number of carbonyl (C=O) groups excluding carboxylic acids is 2. The Balaban J connectivity index is 1.43. The first-order valence-electron chi connectivity index (χ1n) is 14.4. The molecule has 7 nitrogen and oxygen atoms in total. The van der Waals surface area contributed by atoms with Crippen LogP contribution in [0.1, 0.15) is 53.2 Å². The van der Waals surface area contributed by atoms with Gasteiger partial charge in [0.25, 0.3) is 5.91 Å². The molecule has 1 aliphatic heterocycles. The Hall–Kier alpha value is -3.68. The summed E-state index contributed by atoms with van der Waals surface area (Å²) in [4.78, 5) is 30.8. The fourth-order valence-corrected chi connectivity index (χ4v) is 6.00. The fraction of sp³-hybridized carbons (Fsp3) is 0.394. The summed E-state index contributed by atoms with van der Waals surface area (Å²) in [6, 6.07) is 30.7. The van der Waals surface area contributed by atoms with E-state index in [-0.39, 0.29) is 42.1 Å². The van der Waals surface area contributed by atoms with Gasteiger partial charge in [0.05, 0.1) is 12.2 Å². The molecule has 210 valence electrons. The number of benzene rings is 3. The lowest BCUT2D eigenvalue weighted by molar-refractivity contribution is 0.0101. The highest BCUT2D eigenvalue weighted by Crippen LogP contribution is 2.36. The van der Waals surface area contributed by atoms with Crippen LogP contribution in [0.2, 0.25) is 0 Å². The highest BCUT2D eigenvalue weighted by molar-refractivity contribution is 5.94. The van der Waals surface area contributed by atoms with Gasteiger partial charge in [-0.3, -0.25) is 9.69 Å². The van der Waals surface area contributed by atoms with Crippen LogP contribution in [-0.4, -0.2) is 67.2 Å². The van der Waals surface area contributed by atoms with Crippen molar-refractivity contribution in [2.24, 2.45) is 5.92 Å². The number of carbonyl (C=O) groups is 2. The second kappa shape index (κ2) is 13.1.